The molecule has 6 nitrogen and oxygen atoms in total. The molecule has 0 bridgehead atoms. The summed E-state index contributed by atoms with van der Waals surface area (Å²) in [6.07, 6.45) is 0.230. The molecule has 2 amide bonds. The monoisotopic (exact) mass is 309 g/mol. The number of rotatable bonds is 9. The molecule has 0 saturated carbocycles. The van der Waals surface area contributed by atoms with Crippen LogP contribution < -0.4 is 20.7 Å². The summed E-state index contributed by atoms with van der Waals surface area (Å²) < 4.78 is 5.55. The van der Waals surface area contributed by atoms with Gasteiger partial charge < -0.3 is 25.8 Å². The minimum Gasteiger partial charge on any atom is -0.491 e. The SMILES string of the molecule is CNC(=O)NCCc1ccc(OCC(O)CNC(C)C)cc1. The Hall–Kier alpha value is -1.79. The van der Waals surface area contributed by atoms with Gasteiger partial charge in [0.05, 0.1) is 0 Å². The Balaban J connectivity index is 2.28. The lowest BCUT2D eigenvalue weighted by molar-refractivity contribution is 0.104. The number of urea groups is 1. The van der Waals surface area contributed by atoms with Crippen molar-refractivity contribution in [1.82, 2.24) is 16.0 Å². The minimum absolute atomic E-state index is 0.177. The van der Waals surface area contributed by atoms with Crippen molar-refractivity contribution in [3.8, 4) is 5.75 Å². The second-order valence-electron chi connectivity index (χ2n) is 5.43. The Bertz CT molecular complexity index is 435. The normalized spacial score (nSPS) is 12.0. The van der Waals surface area contributed by atoms with Gasteiger partial charge in [0.25, 0.3) is 0 Å². The maximum absolute atomic E-state index is 11.0. The molecule has 1 unspecified atom stereocenters. The molecule has 0 heterocycles. The predicted molar refractivity (Wildman–Crippen MR) is 87.2 cm³/mol. The van der Waals surface area contributed by atoms with Crippen molar-refractivity contribution < 1.29 is 14.6 Å². The molecule has 1 aromatic carbocycles. The fraction of sp³-hybridized carbons (Fsp3) is 0.562. The van der Waals surface area contributed by atoms with Crippen molar-refractivity contribution in [3.05, 3.63) is 29.8 Å². The summed E-state index contributed by atoms with van der Waals surface area (Å²) >= 11 is 0. The smallest absolute Gasteiger partial charge is 0.314 e. The van der Waals surface area contributed by atoms with Gasteiger partial charge in [-0.15, -0.1) is 0 Å². The molecule has 124 valence electrons. The number of benzene rings is 1. The number of aliphatic hydroxyl groups excluding tert-OH is 1. The van der Waals surface area contributed by atoms with Crippen LogP contribution in [0.25, 0.3) is 0 Å². The van der Waals surface area contributed by atoms with E-state index >= 15 is 0 Å². The first-order valence-electron chi connectivity index (χ1n) is 7.60. The van der Waals surface area contributed by atoms with Gasteiger partial charge in [0.2, 0.25) is 0 Å². The zero-order valence-corrected chi connectivity index (χ0v) is 13.6. The van der Waals surface area contributed by atoms with E-state index in [0.717, 1.165) is 17.7 Å². The van der Waals surface area contributed by atoms with E-state index in [1.54, 1.807) is 7.05 Å². The van der Waals surface area contributed by atoms with E-state index in [-0.39, 0.29) is 12.6 Å². The number of carbonyl (C=O) groups is 1. The van der Waals surface area contributed by atoms with Gasteiger partial charge in [0, 0.05) is 26.2 Å². The average molecular weight is 309 g/mol. The summed E-state index contributed by atoms with van der Waals surface area (Å²) in [6.45, 7) is 5.42. The summed E-state index contributed by atoms with van der Waals surface area (Å²) in [5.74, 6) is 0.728. The highest BCUT2D eigenvalue weighted by molar-refractivity contribution is 5.73. The predicted octanol–water partition coefficient (Wildman–Crippen LogP) is 0.896. The summed E-state index contributed by atoms with van der Waals surface area (Å²) in [4.78, 5) is 11.0. The maximum atomic E-state index is 11.0. The number of hydrogen-bond donors (Lipinski definition) is 4. The number of aliphatic hydroxyl groups is 1. The molecule has 0 aliphatic rings. The molecule has 6 heteroatoms. The van der Waals surface area contributed by atoms with Crippen molar-refractivity contribution in [1.29, 1.82) is 0 Å². The summed E-state index contributed by atoms with van der Waals surface area (Å²) in [6, 6.07) is 7.83. The molecule has 0 saturated heterocycles. The van der Waals surface area contributed by atoms with Crippen molar-refractivity contribution in [3.63, 3.8) is 0 Å². The van der Waals surface area contributed by atoms with E-state index in [4.69, 9.17) is 4.74 Å². The first-order valence-corrected chi connectivity index (χ1v) is 7.60. The molecule has 0 aliphatic heterocycles. The second kappa shape index (κ2) is 10.0. The highest BCUT2D eigenvalue weighted by Crippen LogP contribution is 2.12. The summed E-state index contributed by atoms with van der Waals surface area (Å²) in [5.41, 5.74) is 1.12. The maximum Gasteiger partial charge on any atom is 0.314 e. The van der Waals surface area contributed by atoms with E-state index in [1.807, 2.05) is 38.1 Å². The van der Waals surface area contributed by atoms with Gasteiger partial charge in [-0.2, -0.15) is 0 Å². The van der Waals surface area contributed by atoms with Crippen LogP contribution in [-0.4, -0.2) is 50.0 Å². The van der Waals surface area contributed by atoms with Gasteiger partial charge in [-0.1, -0.05) is 26.0 Å². The number of ether oxygens (including phenoxy) is 1. The topological polar surface area (TPSA) is 82.6 Å². The van der Waals surface area contributed by atoms with E-state index in [2.05, 4.69) is 16.0 Å². The van der Waals surface area contributed by atoms with Gasteiger partial charge in [-0.05, 0) is 24.1 Å². The third-order valence-corrected chi connectivity index (χ3v) is 3.05. The largest absolute Gasteiger partial charge is 0.491 e. The molecule has 1 atom stereocenters. The second-order valence-corrected chi connectivity index (χ2v) is 5.43. The van der Waals surface area contributed by atoms with Crippen LogP contribution in [0.2, 0.25) is 0 Å². The quantitative estimate of drug-likeness (QED) is 0.546. The minimum atomic E-state index is -0.529. The standard InChI is InChI=1S/C16H27N3O3/c1-12(2)19-10-14(20)11-22-15-6-4-13(5-7-15)8-9-18-16(21)17-3/h4-7,12,14,19-20H,8-11H2,1-3H3,(H2,17,18,21). The third kappa shape index (κ3) is 7.85. The Labute approximate surface area is 132 Å². The average Bonchev–Trinajstić information content (AvgIpc) is 2.51. The van der Waals surface area contributed by atoms with Crippen LogP contribution in [0.5, 0.6) is 5.75 Å². The molecule has 1 rings (SSSR count). The molecule has 0 aromatic heterocycles. The molecule has 0 aliphatic carbocycles. The van der Waals surface area contributed by atoms with Crippen LogP contribution in [0.4, 0.5) is 4.79 Å². The Morgan fingerprint density at radius 1 is 1.27 bits per heavy atom. The van der Waals surface area contributed by atoms with Crippen LogP contribution in [0.1, 0.15) is 19.4 Å². The van der Waals surface area contributed by atoms with Crippen LogP contribution >= 0.6 is 0 Å². The molecule has 0 spiro atoms. The molecular formula is C16H27N3O3. The summed E-state index contributed by atoms with van der Waals surface area (Å²) in [5, 5.41) is 18.2. The van der Waals surface area contributed by atoms with Crippen molar-refractivity contribution in [2.24, 2.45) is 0 Å². The lowest BCUT2D eigenvalue weighted by Crippen LogP contribution is -2.35. The zero-order chi connectivity index (χ0) is 16.4. The third-order valence-electron chi connectivity index (χ3n) is 3.05. The fourth-order valence-corrected chi connectivity index (χ4v) is 1.78. The molecule has 0 fully saturated rings. The molecular weight excluding hydrogens is 282 g/mol. The van der Waals surface area contributed by atoms with E-state index in [0.29, 0.717) is 19.1 Å². The first kappa shape index (κ1) is 18.3. The Kier molecular flexibility index (Phi) is 8.32. The van der Waals surface area contributed by atoms with Crippen LogP contribution in [-0.2, 0) is 6.42 Å². The molecule has 1 aromatic rings. The Morgan fingerprint density at radius 3 is 2.55 bits per heavy atom. The van der Waals surface area contributed by atoms with Crippen molar-refractivity contribution in [2.45, 2.75) is 32.4 Å². The van der Waals surface area contributed by atoms with E-state index < -0.39 is 6.10 Å². The lowest BCUT2D eigenvalue weighted by Gasteiger charge is -2.15. The number of nitrogens with one attached hydrogen (secondary N) is 3. The lowest BCUT2D eigenvalue weighted by atomic mass is 10.1. The Morgan fingerprint density at radius 2 is 1.95 bits per heavy atom. The van der Waals surface area contributed by atoms with Gasteiger partial charge in [-0.3, -0.25) is 0 Å². The van der Waals surface area contributed by atoms with Crippen molar-refractivity contribution in [2.75, 3.05) is 26.7 Å². The highest BCUT2D eigenvalue weighted by atomic mass is 16.5. The number of hydrogen-bond acceptors (Lipinski definition) is 4. The number of amides is 2. The first-order chi connectivity index (χ1) is 10.5. The zero-order valence-electron chi connectivity index (χ0n) is 13.6. The van der Waals surface area contributed by atoms with Crippen LogP contribution in [0.15, 0.2) is 24.3 Å². The molecule has 22 heavy (non-hydrogen) atoms. The molecule has 0 radical (unpaired) electrons. The van der Waals surface area contributed by atoms with E-state index in [1.165, 1.54) is 0 Å². The van der Waals surface area contributed by atoms with Gasteiger partial charge in [-0.25, -0.2) is 4.79 Å². The fourth-order valence-electron chi connectivity index (χ4n) is 1.78. The summed E-state index contributed by atoms with van der Waals surface area (Å²) in [7, 11) is 1.59. The van der Waals surface area contributed by atoms with Gasteiger partial charge in [0.15, 0.2) is 0 Å². The van der Waals surface area contributed by atoms with Crippen LogP contribution in [0, 0.1) is 0 Å². The highest BCUT2D eigenvalue weighted by Gasteiger charge is 2.06. The van der Waals surface area contributed by atoms with Gasteiger partial charge in [0.1, 0.15) is 18.5 Å². The van der Waals surface area contributed by atoms with E-state index in [9.17, 15) is 9.90 Å². The van der Waals surface area contributed by atoms with Gasteiger partial charge >= 0.3 is 6.03 Å². The molecule has 4 N–H and O–H groups in total. The van der Waals surface area contributed by atoms with Crippen LogP contribution in [0.3, 0.4) is 0 Å². The number of carbonyl (C=O) groups excluding carboxylic acids is 1. The van der Waals surface area contributed by atoms with Crippen molar-refractivity contribution >= 4 is 6.03 Å².